The summed E-state index contributed by atoms with van der Waals surface area (Å²) in [4.78, 5) is 37.1. The molecule has 1 amide bonds. The molecule has 0 spiro atoms. The summed E-state index contributed by atoms with van der Waals surface area (Å²) in [6.07, 6.45) is 2.41. The second-order valence-corrected chi connectivity index (χ2v) is 8.19. The molecule has 1 saturated carbocycles. The predicted octanol–water partition coefficient (Wildman–Crippen LogP) is 2.79. The number of hydrogen-bond donors (Lipinski definition) is 1. The monoisotopic (exact) mass is 364 g/mol. The van der Waals surface area contributed by atoms with Gasteiger partial charge in [-0.3, -0.25) is 19.7 Å². The van der Waals surface area contributed by atoms with Crippen LogP contribution in [0.3, 0.4) is 0 Å². The van der Waals surface area contributed by atoms with Gasteiger partial charge in [0.2, 0.25) is 5.91 Å². The third-order valence-electron chi connectivity index (χ3n) is 5.32. The summed E-state index contributed by atoms with van der Waals surface area (Å²) >= 11 is 1.33. The number of carboxylic acid groups (broad SMARTS) is 1. The first-order chi connectivity index (χ1) is 11.8. The Kier molecular flexibility index (Phi) is 4.73. The van der Waals surface area contributed by atoms with Crippen LogP contribution < -0.4 is 0 Å². The molecule has 25 heavy (non-hydrogen) atoms. The molecule has 2 aliphatic rings. The number of carbonyl (C=O) groups excluding carboxylic acids is 1. The maximum Gasteiger partial charge on any atom is 0.311 e. The van der Waals surface area contributed by atoms with E-state index in [9.17, 15) is 24.8 Å². The van der Waals surface area contributed by atoms with Crippen LogP contribution in [0.15, 0.2) is 29.2 Å². The third-order valence-corrected chi connectivity index (χ3v) is 6.42. The highest BCUT2D eigenvalue weighted by Crippen LogP contribution is 2.49. The van der Waals surface area contributed by atoms with Gasteiger partial charge in [0.15, 0.2) is 0 Å². The van der Waals surface area contributed by atoms with Gasteiger partial charge in [-0.15, -0.1) is 11.8 Å². The molecule has 1 heterocycles. The lowest BCUT2D eigenvalue weighted by molar-refractivity contribution is -0.384. The van der Waals surface area contributed by atoms with E-state index in [-0.39, 0.29) is 29.3 Å². The first kappa shape index (κ1) is 17.7. The minimum absolute atomic E-state index is 0.0131. The molecule has 3 rings (SSSR count). The molecule has 0 aromatic heterocycles. The molecule has 0 radical (unpaired) electrons. The number of non-ortho nitro benzene ring substituents is 1. The number of hydrogen-bond acceptors (Lipinski definition) is 5. The predicted molar refractivity (Wildman–Crippen MR) is 92.4 cm³/mol. The summed E-state index contributed by atoms with van der Waals surface area (Å²) in [5.74, 6) is -0.815. The van der Waals surface area contributed by atoms with E-state index in [0.717, 1.165) is 17.7 Å². The largest absolute Gasteiger partial charge is 0.481 e. The van der Waals surface area contributed by atoms with Gasteiger partial charge >= 0.3 is 5.97 Å². The molecular weight excluding hydrogens is 344 g/mol. The van der Waals surface area contributed by atoms with Crippen molar-refractivity contribution in [2.75, 3.05) is 13.1 Å². The van der Waals surface area contributed by atoms with Crippen molar-refractivity contribution >= 4 is 29.3 Å². The van der Waals surface area contributed by atoms with Crippen molar-refractivity contribution in [3.63, 3.8) is 0 Å². The Hall–Kier alpha value is -2.09. The number of nitro benzene ring substituents is 1. The number of likely N-dealkylation sites (tertiary alicyclic amines) is 1. The fourth-order valence-corrected chi connectivity index (χ4v) is 4.92. The first-order valence-electron chi connectivity index (χ1n) is 8.27. The third kappa shape index (κ3) is 3.22. The Morgan fingerprint density at radius 3 is 2.64 bits per heavy atom. The number of fused-ring (bicyclic) bond motifs is 1. The van der Waals surface area contributed by atoms with Crippen LogP contribution in [-0.4, -0.2) is 45.1 Å². The number of thioether (sulfide) groups is 1. The Balaban J connectivity index is 1.65. The Morgan fingerprint density at radius 2 is 2.08 bits per heavy atom. The normalized spacial score (nSPS) is 26.3. The van der Waals surface area contributed by atoms with Gasteiger partial charge in [-0.25, -0.2) is 0 Å². The minimum Gasteiger partial charge on any atom is -0.481 e. The average Bonchev–Trinajstić information content (AvgIpc) is 3.12. The van der Waals surface area contributed by atoms with Gasteiger partial charge in [-0.2, -0.15) is 0 Å². The van der Waals surface area contributed by atoms with Crippen molar-refractivity contribution in [1.29, 1.82) is 0 Å². The number of benzene rings is 1. The second-order valence-electron chi connectivity index (χ2n) is 6.78. The van der Waals surface area contributed by atoms with Gasteiger partial charge in [-0.1, -0.05) is 6.42 Å². The van der Waals surface area contributed by atoms with Crippen LogP contribution in [0.4, 0.5) is 5.69 Å². The molecule has 1 aromatic carbocycles. The van der Waals surface area contributed by atoms with Crippen LogP contribution in [-0.2, 0) is 9.59 Å². The molecule has 1 N–H and O–H groups in total. The molecule has 1 unspecified atom stereocenters. The highest BCUT2D eigenvalue weighted by molar-refractivity contribution is 8.00. The van der Waals surface area contributed by atoms with Gasteiger partial charge in [0.05, 0.1) is 15.6 Å². The summed E-state index contributed by atoms with van der Waals surface area (Å²) in [5, 5.41) is 19.9. The molecule has 0 bridgehead atoms. The van der Waals surface area contributed by atoms with E-state index >= 15 is 0 Å². The van der Waals surface area contributed by atoms with Gasteiger partial charge < -0.3 is 10.0 Å². The SMILES string of the molecule is CC(Sc1ccc([N+](=O)[O-])cc1)C(=O)N1C[C@@H]2CCC[C@@]2(C(=O)O)C1. The lowest BCUT2D eigenvalue weighted by Gasteiger charge is -2.24. The van der Waals surface area contributed by atoms with Crippen LogP contribution >= 0.6 is 11.8 Å². The van der Waals surface area contributed by atoms with Crippen LogP contribution in [0.5, 0.6) is 0 Å². The summed E-state index contributed by atoms with van der Waals surface area (Å²) in [6, 6.07) is 6.09. The van der Waals surface area contributed by atoms with E-state index in [0.29, 0.717) is 13.0 Å². The van der Waals surface area contributed by atoms with Crippen LogP contribution in [0, 0.1) is 21.4 Å². The summed E-state index contributed by atoms with van der Waals surface area (Å²) in [6.45, 7) is 2.59. The van der Waals surface area contributed by atoms with E-state index in [1.165, 1.54) is 23.9 Å². The topological polar surface area (TPSA) is 101 Å². The molecule has 1 saturated heterocycles. The Labute approximate surface area is 149 Å². The number of aliphatic carboxylic acids is 1. The van der Waals surface area contributed by atoms with Crippen LogP contribution in [0.1, 0.15) is 26.2 Å². The van der Waals surface area contributed by atoms with Gasteiger partial charge in [-0.05, 0) is 37.8 Å². The maximum atomic E-state index is 12.7. The van der Waals surface area contributed by atoms with Crippen molar-refractivity contribution in [3.05, 3.63) is 34.4 Å². The van der Waals surface area contributed by atoms with Crippen molar-refractivity contribution < 1.29 is 19.6 Å². The lowest BCUT2D eigenvalue weighted by Crippen LogP contribution is -2.39. The van der Waals surface area contributed by atoms with Crippen molar-refractivity contribution in [1.82, 2.24) is 4.90 Å². The lowest BCUT2D eigenvalue weighted by atomic mass is 9.81. The fraction of sp³-hybridized carbons (Fsp3) is 0.529. The zero-order valence-corrected chi connectivity index (χ0v) is 14.7. The van der Waals surface area contributed by atoms with Gasteiger partial charge in [0.1, 0.15) is 0 Å². The quantitative estimate of drug-likeness (QED) is 0.490. The minimum atomic E-state index is -0.791. The fourth-order valence-electron chi connectivity index (χ4n) is 3.96. The van der Waals surface area contributed by atoms with E-state index in [1.54, 1.807) is 24.0 Å². The highest BCUT2D eigenvalue weighted by atomic mass is 32.2. The van der Waals surface area contributed by atoms with Crippen molar-refractivity contribution in [2.24, 2.45) is 11.3 Å². The van der Waals surface area contributed by atoms with E-state index < -0.39 is 16.3 Å². The molecule has 134 valence electrons. The number of carbonyl (C=O) groups is 2. The van der Waals surface area contributed by atoms with E-state index in [2.05, 4.69) is 0 Å². The zero-order valence-electron chi connectivity index (χ0n) is 13.9. The van der Waals surface area contributed by atoms with Crippen molar-refractivity contribution in [3.8, 4) is 0 Å². The maximum absolute atomic E-state index is 12.7. The first-order valence-corrected chi connectivity index (χ1v) is 9.15. The van der Waals surface area contributed by atoms with Gasteiger partial charge in [0.25, 0.3) is 5.69 Å². The Morgan fingerprint density at radius 1 is 1.40 bits per heavy atom. The van der Waals surface area contributed by atoms with Gasteiger partial charge in [0, 0.05) is 30.1 Å². The standard InChI is InChI=1S/C17H20N2O5S/c1-11(25-14-6-4-13(5-7-14)19(23)24)15(20)18-9-12-3-2-8-17(12,10-18)16(21)22/h4-7,11-12H,2-3,8-10H2,1H3,(H,21,22)/t11?,12-,17+/m0/s1. The Bertz CT molecular complexity index is 707. The highest BCUT2D eigenvalue weighted by Gasteiger charge is 2.56. The number of nitro groups is 1. The molecule has 8 heteroatoms. The molecular formula is C17H20N2O5S. The zero-order chi connectivity index (χ0) is 18.2. The molecule has 7 nitrogen and oxygen atoms in total. The number of nitrogens with zero attached hydrogens (tertiary/aromatic N) is 2. The number of amides is 1. The average molecular weight is 364 g/mol. The smallest absolute Gasteiger partial charge is 0.311 e. The molecule has 1 aromatic rings. The van der Waals surface area contributed by atoms with Crippen LogP contribution in [0.25, 0.3) is 0 Å². The summed E-state index contributed by atoms with van der Waals surface area (Å²) in [5.41, 5.74) is -0.757. The van der Waals surface area contributed by atoms with E-state index in [1.807, 2.05) is 0 Å². The summed E-state index contributed by atoms with van der Waals surface area (Å²) in [7, 11) is 0. The number of carboxylic acids is 1. The number of rotatable bonds is 5. The molecule has 1 aliphatic heterocycles. The second kappa shape index (κ2) is 6.67. The van der Waals surface area contributed by atoms with E-state index in [4.69, 9.17) is 0 Å². The van der Waals surface area contributed by atoms with Crippen LogP contribution in [0.2, 0.25) is 0 Å². The molecule has 1 aliphatic carbocycles. The molecule has 2 fully saturated rings. The molecule has 3 atom stereocenters. The summed E-state index contributed by atoms with van der Waals surface area (Å²) < 4.78 is 0. The van der Waals surface area contributed by atoms with Crippen molar-refractivity contribution in [2.45, 2.75) is 36.3 Å².